The third kappa shape index (κ3) is 19.6. The van der Waals surface area contributed by atoms with Crippen LogP contribution in [0.25, 0.3) is 89.7 Å². The van der Waals surface area contributed by atoms with Gasteiger partial charge in [0.1, 0.15) is 0 Å². The molecule has 3 aromatic heterocycles. The molecule has 1 radical (unpaired) electrons. The molecule has 0 saturated heterocycles. The molecule has 0 aliphatic carbocycles. The molecule has 4 aromatic carbocycles. The number of fused-ring (bicyclic) bond motifs is 20. The molecular formula is C36H28CuN8Na4O12S4. The molecule has 9 rings (SSSR count). The van der Waals surface area contributed by atoms with E-state index >= 15 is 0 Å². The minimum absolute atomic E-state index is 0. The Labute approximate surface area is 476 Å². The van der Waals surface area contributed by atoms with Crippen molar-refractivity contribution in [1.82, 2.24) is 39.9 Å². The molecule has 29 heteroatoms. The first-order chi connectivity index (χ1) is 28.2. The number of rotatable bonds is 2. The first-order valence-corrected chi connectivity index (χ1v) is 23.1. The quantitative estimate of drug-likeness (QED) is 0.0510. The molecule has 20 nitrogen and oxygen atoms in total. The molecule has 0 N–H and O–H groups in total. The second-order valence-electron chi connectivity index (χ2n) is 12.1. The second kappa shape index (κ2) is 28.4. The van der Waals surface area contributed by atoms with Gasteiger partial charge < -0.3 is 48.8 Å². The summed E-state index contributed by atoms with van der Waals surface area (Å²) in [5, 5.41) is 15.3. The topological polar surface area (TPSA) is 319 Å². The molecule has 5 heterocycles. The standard InChI is InChI=1S/C32H16N8.4CH4O3S.Cu.4Na/c1-2-10-18-17(9-1)25-33-26(18)38-28-21-13-5-6-14-22(21)30(35-28)40-32-24-16-8-7-15-23(24)31(36-32)39-29-20-12-4-3-11-19(20)27(34-29)37-25;3*1-5(2,3)4;1-5-4-3-2;;;;;/h1-16H;3*1H3,(H,2,3,4);2H,1H3;;;;;/q-2;;;;;+2;4*+1/p-4. The predicted octanol–water partition coefficient (Wildman–Crippen LogP) is -8.89. The first-order valence-electron chi connectivity index (χ1n) is 16.5. The van der Waals surface area contributed by atoms with Crippen LogP contribution < -0.4 is 133 Å². The largest absolute Gasteiger partial charge is 2.00 e. The molecule has 65 heavy (non-hydrogen) atoms. The molecule has 2 aliphatic heterocycles. The Hall–Kier alpha value is -1.28. The van der Waals surface area contributed by atoms with Crippen LogP contribution in [0.1, 0.15) is 0 Å². The first kappa shape index (κ1) is 63.7. The van der Waals surface area contributed by atoms with Gasteiger partial charge in [-0.15, -0.1) is 0 Å². The van der Waals surface area contributed by atoms with Crippen LogP contribution >= 0.6 is 12.0 Å². The molecule has 0 spiro atoms. The van der Waals surface area contributed by atoms with Gasteiger partial charge in [0.25, 0.3) is 0 Å². The Bertz CT molecular complexity index is 2810. The van der Waals surface area contributed by atoms with Gasteiger partial charge in [0.2, 0.25) is 0 Å². The number of hydrogen-bond donors (Lipinski definition) is 0. The average Bonchev–Trinajstić information content (AvgIpc) is 3.89. The van der Waals surface area contributed by atoms with Crippen LogP contribution in [0.3, 0.4) is 0 Å². The number of hydrogen-bond acceptors (Lipinski definition) is 19. The fourth-order valence-electron chi connectivity index (χ4n) is 5.49. The smallest absolute Gasteiger partial charge is 0.748 e. The molecule has 8 bridgehead atoms. The van der Waals surface area contributed by atoms with E-state index in [9.17, 15) is 0 Å². The van der Waals surface area contributed by atoms with Crippen molar-refractivity contribution in [2.24, 2.45) is 0 Å². The van der Waals surface area contributed by atoms with Crippen molar-refractivity contribution in [3.63, 3.8) is 0 Å². The van der Waals surface area contributed by atoms with Gasteiger partial charge in [0.15, 0.2) is 0 Å². The van der Waals surface area contributed by atoms with E-state index in [1.165, 1.54) is 0 Å². The van der Waals surface area contributed by atoms with E-state index in [0.29, 0.717) is 64.7 Å². The van der Waals surface area contributed by atoms with Crippen LogP contribution in [0.2, 0.25) is 0 Å². The van der Waals surface area contributed by atoms with Crippen LogP contribution in [0, 0.1) is 0 Å². The summed E-state index contributed by atoms with van der Waals surface area (Å²) in [6.45, 7) is 0. The molecule has 2 aliphatic rings. The molecule has 0 fully saturated rings. The molecule has 7 aromatic rings. The van der Waals surface area contributed by atoms with Crippen LogP contribution in [0.5, 0.6) is 0 Å². The Morgan fingerprint density at radius 1 is 0.446 bits per heavy atom. The maximum Gasteiger partial charge on any atom is 2.00 e. The second-order valence-corrected chi connectivity index (χ2v) is 16.8. The van der Waals surface area contributed by atoms with E-state index in [-0.39, 0.29) is 135 Å². The summed E-state index contributed by atoms with van der Waals surface area (Å²) in [7, 11) is -11.8. The van der Waals surface area contributed by atoms with Crippen molar-refractivity contribution in [1.29, 1.82) is 0 Å². The molecule has 0 amide bonds. The summed E-state index contributed by atoms with van der Waals surface area (Å²) in [6, 6.07) is 31.8. The van der Waals surface area contributed by atoms with Crippen molar-refractivity contribution in [2.75, 3.05) is 25.0 Å². The van der Waals surface area contributed by atoms with Crippen molar-refractivity contribution in [3.8, 4) is 45.6 Å². The van der Waals surface area contributed by atoms with Crippen LogP contribution in [0.4, 0.5) is 0 Å². The van der Waals surface area contributed by atoms with E-state index in [1.54, 1.807) is 6.26 Å². The zero-order chi connectivity index (χ0) is 43.8. The van der Waals surface area contributed by atoms with Crippen molar-refractivity contribution in [2.45, 2.75) is 0 Å². The average molecular weight is 1050 g/mol. The Morgan fingerprint density at radius 2 is 0.646 bits per heavy atom. The normalized spacial score (nSPS) is 10.7. The fourth-order valence-corrected chi connectivity index (χ4v) is 5.54. The van der Waals surface area contributed by atoms with Gasteiger partial charge in [-0.1, -0.05) is 97.1 Å². The maximum atomic E-state index is 9.08. The number of nitrogens with zero attached hydrogens (tertiary/aromatic N) is 8. The SMILES string of the molecule is CS(=O)(=O)[O-].CS(=O)(=O)[O-].CS(=O)(=O)[O-].CSOO[O-].[Cu+2].[Na+].[Na+].[Na+].[Na+].c1ccc2c(c1)-c1nc-2nc2[n-]c(nc3nc(nc4[n-]c(n1)c1ccccc41)-c1ccccc1-3)c1ccccc21. The van der Waals surface area contributed by atoms with E-state index in [4.69, 9.17) is 84.0 Å². The molecular weight excluding hydrogens is 1020 g/mol. The fraction of sp³-hybridized carbons (Fsp3) is 0.111. The summed E-state index contributed by atoms with van der Waals surface area (Å²) in [4.78, 5) is 39.3. The van der Waals surface area contributed by atoms with E-state index in [0.717, 1.165) is 55.8 Å². The molecule has 0 atom stereocenters. The van der Waals surface area contributed by atoms with Crippen LogP contribution in [-0.4, -0.2) is 93.8 Å². The summed E-state index contributed by atoms with van der Waals surface area (Å²) < 4.78 is 85.4. The van der Waals surface area contributed by atoms with Crippen molar-refractivity contribution in [3.05, 3.63) is 97.1 Å². The van der Waals surface area contributed by atoms with Gasteiger partial charge in [-0.3, -0.25) is 5.04 Å². The number of benzene rings is 4. The maximum absolute atomic E-state index is 9.08. The minimum Gasteiger partial charge on any atom is -0.748 e. The third-order valence-corrected chi connectivity index (χ3v) is 7.62. The summed E-state index contributed by atoms with van der Waals surface area (Å²) >= 11 is 0.867. The molecule has 0 saturated carbocycles. The predicted molar refractivity (Wildman–Crippen MR) is 217 cm³/mol. The molecule has 323 valence electrons. The summed E-state index contributed by atoms with van der Waals surface area (Å²) in [6.07, 6.45) is 3.39. The monoisotopic (exact) mass is 1050 g/mol. The van der Waals surface area contributed by atoms with E-state index < -0.39 is 30.4 Å². The van der Waals surface area contributed by atoms with E-state index in [1.807, 2.05) is 97.1 Å². The third-order valence-electron chi connectivity index (χ3n) is 7.43. The number of aromatic nitrogens is 8. The molecule has 0 unspecified atom stereocenters. The zero-order valence-corrected chi connectivity index (χ0v) is 47.9. The minimum atomic E-state index is -3.92. The Morgan fingerprint density at radius 3 is 0.815 bits per heavy atom. The van der Waals surface area contributed by atoms with E-state index in [2.05, 4.69) is 9.37 Å². The van der Waals surface area contributed by atoms with Gasteiger partial charge >= 0.3 is 135 Å². The van der Waals surface area contributed by atoms with Gasteiger partial charge in [-0.05, 0) is 21.5 Å². The summed E-state index contributed by atoms with van der Waals surface area (Å²) in [5.41, 5.74) is 5.78. The van der Waals surface area contributed by atoms with Gasteiger partial charge in [0, 0.05) is 81.9 Å². The Balaban J connectivity index is 0.00000140. The summed E-state index contributed by atoms with van der Waals surface area (Å²) in [5.74, 6) is 2.21. The zero-order valence-electron chi connectivity index (χ0n) is 35.6. The van der Waals surface area contributed by atoms with Crippen molar-refractivity contribution < 1.29 is 189 Å². The van der Waals surface area contributed by atoms with Crippen LogP contribution in [-0.2, 0) is 56.8 Å². The van der Waals surface area contributed by atoms with Gasteiger partial charge in [-0.2, -0.15) is 4.33 Å². The van der Waals surface area contributed by atoms with Crippen molar-refractivity contribution >= 4 is 86.5 Å². The van der Waals surface area contributed by atoms with Gasteiger partial charge in [-0.25, -0.2) is 35.2 Å². The van der Waals surface area contributed by atoms with Gasteiger partial charge in [0.05, 0.1) is 53.7 Å². The van der Waals surface area contributed by atoms with Crippen LogP contribution in [0.15, 0.2) is 97.1 Å². The Kier molecular flexibility index (Phi) is 27.8.